The Kier molecular flexibility index (Phi) is 4.09. The fraction of sp³-hybridized carbons (Fsp3) is 1.00. The molecule has 0 N–H and O–H groups in total. The second kappa shape index (κ2) is 5.19. The van der Waals surface area contributed by atoms with Gasteiger partial charge < -0.3 is 8.85 Å². The van der Waals surface area contributed by atoms with Gasteiger partial charge in [0.1, 0.15) is 0 Å². The number of hydrogen-bond donors (Lipinski definition) is 0. The molecule has 0 radical (unpaired) electrons. The van der Waals surface area contributed by atoms with Crippen LogP contribution in [0.15, 0.2) is 0 Å². The molecule has 0 heterocycles. The zero-order valence-electron chi connectivity index (χ0n) is 11.0. The summed E-state index contributed by atoms with van der Waals surface area (Å²) in [5, 5.41) is 0. The van der Waals surface area contributed by atoms with Crippen LogP contribution in [-0.4, -0.2) is 21.8 Å². The predicted molar refractivity (Wildman–Crippen MR) is 68.8 cm³/mol. The van der Waals surface area contributed by atoms with E-state index in [1.165, 1.54) is 25.7 Å². The van der Waals surface area contributed by atoms with Gasteiger partial charge in [0.2, 0.25) is 0 Å². The van der Waals surface area contributed by atoms with Gasteiger partial charge >= 0.3 is 8.56 Å². The van der Waals surface area contributed by atoms with Crippen molar-refractivity contribution in [3.05, 3.63) is 0 Å². The first-order valence-corrected chi connectivity index (χ1v) is 9.03. The summed E-state index contributed by atoms with van der Waals surface area (Å²) in [6.45, 7) is 8.39. The molecule has 3 heteroatoms. The van der Waals surface area contributed by atoms with Gasteiger partial charge in [0, 0.05) is 24.3 Å². The quantitative estimate of drug-likeness (QED) is 0.602. The molecular weight excluding hydrogens is 216 g/mol. The summed E-state index contributed by atoms with van der Waals surface area (Å²) in [4.78, 5) is 0. The van der Waals surface area contributed by atoms with E-state index >= 15 is 0 Å². The minimum atomic E-state index is -1.83. The van der Waals surface area contributed by atoms with Gasteiger partial charge in [-0.1, -0.05) is 20.3 Å². The topological polar surface area (TPSA) is 18.5 Å². The Morgan fingerprint density at radius 3 is 2.31 bits per heavy atom. The fourth-order valence-electron chi connectivity index (χ4n) is 2.96. The summed E-state index contributed by atoms with van der Waals surface area (Å²) < 4.78 is 12.5. The average molecular weight is 242 g/mol. The number of hydrogen-bond acceptors (Lipinski definition) is 2. The van der Waals surface area contributed by atoms with Gasteiger partial charge in [0.15, 0.2) is 0 Å². The summed E-state index contributed by atoms with van der Waals surface area (Å²) in [5.74, 6) is 0.913. The Morgan fingerprint density at radius 1 is 1.12 bits per heavy atom. The molecule has 0 aromatic carbocycles. The van der Waals surface area contributed by atoms with E-state index in [4.69, 9.17) is 8.85 Å². The Labute approximate surface area is 101 Å². The largest absolute Gasteiger partial charge is 0.394 e. The van der Waals surface area contributed by atoms with Crippen LogP contribution in [0.25, 0.3) is 0 Å². The molecule has 0 amide bonds. The second-order valence-corrected chi connectivity index (χ2v) is 8.87. The van der Waals surface area contributed by atoms with Crippen molar-refractivity contribution in [1.82, 2.24) is 0 Å². The molecule has 2 nitrogen and oxygen atoms in total. The van der Waals surface area contributed by atoms with Crippen molar-refractivity contribution >= 4 is 8.56 Å². The molecule has 0 saturated heterocycles. The second-order valence-electron chi connectivity index (χ2n) is 5.29. The van der Waals surface area contributed by atoms with Crippen LogP contribution in [0.3, 0.4) is 0 Å². The molecular formula is C13H26O2Si. The molecule has 2 aliphatic carbocycles. The summed E-state index contributed by atoms with van der Waals surface area (Å²) in [6.07, 6.45) is 6.54. The maximum absolute atomic E-state index is 6.32. The van der Waals surface area contributed by atoms with E-state index < -0.39 is 8.56 Å². The first-order valence-electron chi connectivity index (χ1n) is 7.06. The molecule has 0 aromatic rings. The van der Waals surface area contributed by atoms with Crippen LogP contribution in [-0.2, 0) is 8.85 Å². The monoisotopic (exact) mass is 242 g/mol. The predicted octanol–water partition coefficient (Wildman–Crippen LogP) is 3.86. The minimum Gasteiger partial charge on any atom is -0.394 e. The normalized spacial score (nSPS) is 32.4. The van der Waals surface area contributed by atoms with Crippen LogP contribution in [0.1, 0.15) is 52.9 Å². The Bertz CT molecular complexity index is 230. The van der Waals surface area contributed by atoms with Crippen molar-refractivity contribution in [3.8, 4) is 0 Å². The molecule has 3 atom stereocenters. The maximum atomic E-state index is 6.32. The van der Waals surface area contributed by atoms with Gasteiger partial charge in [0.25, 0.3) is 0 Å². The van der Waals surface area contributed by atoms with E-state index in [2.05, 4.69) is 20.8 Å². The smallest absolute Gasteiger partial charge is 0.344 e. The van der Waals surface area contributed by atoms with Crippen molar-refractivity contribution < 1.29 is 8.85 Å². The van der Waals surface area contributed by atoms with Gasteiger partial charge in [-0.05, 0) is 38.5 Å². The zero-order valence-corrected chi connectivity index (χ0v) is 12.0. The Balaban J connectivity index is 2.02. The van der Waals surface area contributed by atoms with Crippen LogP contribution in [0.4, 0.5) is 0 Å². The van der Waals surface area contributed by atoms with Crippen LogP contribution in [0, 0.1) is 5.92 Å². The van der Waals surface area contributed by atoms with E-state index in [-0.39, 0.29) is 0 Å². The van der Waals surface area contributed by atoms with Crippen molar-refractivity contribution in [3.63, 3.8) is 0 Å². The minimum absolute atomic E-state index is 0.816. The molecule has 0 aromatic heterocycles. The van der Waals surface area contributed by atoms with E-state index in [0.29, 0.717) is 0 Å². The standard InChI is InChI=1S/C13H26O2Si/c1-4-9-15-16(14-6-3,12-7-8-12)13-10-11(13)5-2/h11-13H,4-10H2,1-3H3. The summed E-state index contributed by atoms with van der Waals surface area (Å²) in [6, 6.07) is 0. The van der Waals surface area contributed by atoms with Crippen LogP contribution in [0.2, 0.25) is 11.1 Å². The zero-order chi connectivity index (χ0) is 11.6. The summed E-state index contributed by atoms with van der Waals surface area (Å²) in [7, 11) is -1.83. The van der Waals surface area contributed by atoms with E-state index in [1.54, 1.807) is 0 Å². The van der Waals surface area contributed by atoms with Gasteiger partial charge in [-0.15, -0.1) is 0 Å². The van der Waals surface area contributed by atoms with Crippen LogP contribution >= 0.6 is 0 Å². The molecule has 16 heavy (non-hydrogen) atoms. The van der Waals surface area contributed by atoms with Crippen molar-refractivity contribution in [2.45, 2.75) is 64.0 Å². The molecule has 0 spiro atoms. The first-order chi connectivity index (χ1) is 7.78. The summed E-state index contributed by atoms with van der Waals surface area (Å²) in [5.41, 5.74) is 1.64. The molecule has 2 fully saturated rings. The molecule has 0 aliphatic heterocycles. The molecule has 2 aliphatic rings. The molecule has 0 bridgehead atoms. The van der Waals surface area contributed by atoms with Gasteiger partial charge in [0.05, 0.1) is 0 Å². The lowest BCUT2D eigenvalue weighted by atomic mass is 10.3. The van der Waals surface area contributed by atoms with Crippen molar-refractivity contribution in [1.29, 1.82) is 0 Å². The van der Waals surface area contributed by atoms with Gasteiger partial charge in [-0.25, -0.2) is 0 Å². The van der Waals surface area contributed by atoms with Gasteiger partial charge in [-0.2, -0.15) is 0 Å². The van der Waals surface area contributed by atoms with Crippen LogP contribution in [0.5, 0.6) is 0 Å². The Hall–Kier alpha value is 0.137. The average Bonchev–Trinajstić information content (AvgIpc) is 3.17. The van der Waals surface area contributed by atoms with E-state index in [1.807, 2.05) is 0 Å². The highest BCUT2D eigenvalue weighted by atomic mass is 28.4. The third-order valence-electron chi connectivity index (χ3n) is 4.01. The number of rotatable bonds is 8. The van der Waals surface area contributed by atoms with Crippen molar-refractivity contribution in [2.24, 2.45) is 5.92 Å². The molecule has 94 valence electrons. The molecule has 2 rings (SSSR count). The van der Waals surface area contributed by atoms with E-state index in [9.17, 15) is 0 Å². The lowest BCUT2D eigenvalue weighted by Gasteiger charge is -2.31. The molecule has 2 saturated carbocycles. The highest BCUT2D eigenvalue weighted by molar-refractivity contribution is 6.72. The lowest BCUT2D eigenvalue weighted by Crippen LogP contribution is -2.44. The SMILES string of the molecule is CCCO[Si](OCC)(C1CC1)C1CC1CC. The van der Waals surface area contributed by atoms with Crippen molar-refractivity contribution in [2.75, 3.05) is 13.2 Å². The molecule has 3 unspecified atom stereocenters. The van der Waals surface area contributed by atoms with Crippen LogP contribution < -0.4 is 0 Å². The highest BCUT2D eigenvalue weighted by Crippen LogP contribution is 2.63. The Morgan fingerprint density at radius 2 is 1.88 bits per heavy atom. The maximum Gasteiger partial charge on any atom is 0.344 e. The third-order valence-corrected chi connectivity index (χ3v) is 8.86. The first kappa shape index (κ1) is 12.6. The highest BCUT2D eigenvalue weighted by Gasteiger charge is 2.64. The van der Waals surface area contributed by atoms with E-state index in [0.717, 1.165) is 36.6 Å². The lowest BCUT2D eigenvalue weighted by molar-refractivity contribution is 0.169. The summed E-state index contributed by atoms with van der Waals surface area (Å²) >= 11 is 0. The third kappa shape index (κ3) is 2.36. The fourth-order valence-corrected chi connectivity index (χ4v) is 8.02. The van der Waals surface area contributed by atoms with Gasteiger partial charge in [-0.3, -0.25) is 0 Å².